The van der Waals surface area contributed by atoms with Crippen LogP contribution in [0, 0.1) is 5.92 Å². The van der Waals surface area contributed by atoms with Crippen LogP contribution in [0.3, 0.4) is 0 Å². The van der Waals surface area contributed by atoms with E-state index in [-0.39, 0.29) is 5.92 Å². The first-order valence-corrected chi connectivity index (χ1v) is 11.6. The molecule has 3 aliphatic rings. The normalized spacial score (nSPS) is 23.8. The number of likely N-dealkylation sites (tertiary alicyclic amines) is 2. The fourth-order valence-electron chi connectivity index (χ4n) is 4.99. The first-order valence-electron chi connectivity index (χ1n) is 11.6. The van der Waals surface area contributed by atoms with Gasteiger partial charge in [0.25, 0.3) is 0 Å². The number of hydrogen-bond donors (Lipinski definition) is 2. The van der Waals surface area contributed by atoms with E-state index >= 15 is 0 Å². The van der Waals surface area contributed by atoms with Crippen molar-refractivity contribution in [3.63, 3.8) is 0 Å². The Morgan fingerprint density at radius 1 is 1.03 bits per heavy atom. The van der Waals surface area contributed by atoms with Crippen LogP contribution in [0.2, 0.25) is 0 Å². The zero-order valence-corrected chi connectivity index (χ0v) is 17.9. The van der Waals surface area contributed by atoms with Gasteiger partial charge in [0, 0.05) is 24.0 Å². The fraction of sp³-hybridized carbons (Fsp3) is 0.708. The minimum absolute atomic E-state index is 0.242. The van der Waals surface area contributed by atoms with Crippen LogP contribution in [0.4, 0.5) is 0 Å². The highest BCUT2D eigenvalue weighted by molar-refractivity contribution is 5.79. The largest absolute Gasteiger partial charge is 0.508 e. The van der Waals surface area contributed by atoms with Crippen LogP contribution in [0.5, 0.6) is 5.75 Å². The molecule has 1 aromatic rings. The zero-order chi connectivity index (χ0) is 20.2. The van der Waals surface area contributed by atoms with Gasteiger partial charge in [0.1, 0.15) is 5.75 Å². The maximum absolute atomic E-state index is 12.3. The molecule has 29 heavy (non-hydrogen) atoms. The summed E-state index contributed by atoms with van der Waals surface area (Å²) in [5.74, 6) is 0.896. The zero-order valence-electron chi connectivity index (χ0n) is 17.9. The van der Waals surface area contributed by atoms with E-state index < -0.39 is 0 Å². The molecular formula is C24H37N3O2. The molecule has 160 valence electrons. The Balaban J connectivity index is 1.15. The molecule has 1 saturated carbocycles. The molecule has 1 aromatic carbocycles. The molecule has 0 radical (unpaired) electrons. The quantitative estimate of drug-likeness (QED) is 0.739. The summed E-state index contributed by atoms with van der Waals surface area (Å²) >= 11 is 0. The number of phenols is 1. The highest BCUT2D eigenvalue weighted by atomic mass is 16.3. The molecule has 0 unspecified atom stereocenters. The second-order valence-electron chi connectivity index (χ2n) is 9.41. The average molecular weight is 400 g/mol. The summed E-state index contributed by atoms with van der Waals surface area (Å²) in [6.07, 6.45) is 9.15. The number of aryl methyl sites for hydroxylation is 1. The third kappa shape index (κ3) is 5.73. The molecule has 1 atom stereocenters. The number of nitrogens with one attached hydrogen (secondary N) is 1. The van der Waals surface area contributed by atoms with Gasteiger partial charge in [-0.3, -0.25) is 4.79 Å². The van der Waals surface area contributed by atoms with Crippen molar-refractivity contribution in [3.8, 4) is 5.75 Å². The molecule has 2 saturated heterocycles. The van der Waals surface area contributed by atoms with E-state index in [9.17, 15) is 9.90 Å². The Hall–Kier alpha value is -1.59. The standard InChI is InChI=1S/C24H37N3O2/c1-18(2-3-19-4-8-23(28)9-5-19)26-16-12-22(13-17-26)27-14-10-20(11-15-27)24(29)25-21-6-7-21/h4-5,8-9,18,20-22,28H,2-3,6-7,10-17H2,1H3,(H,25,29)/t18-/m1/s1. The molecule has 5 heteroatoms. The van der Waals surface area contributed by atoms with Crippen molar-refractivity contribution in [3.05, 3.63) is 29.8 Å². The molecule has 1 aliphatic carbocycles. The lowest BCUT2D eigenvalue weighted by Gasteiger charge is -2.43. The summed E-state index contributed by atoms with van der Waals surface area (Å²) in [7, 11) is 0. The third-order valence-corrected chi connectivity index (χ3v) is 7.25. The molecule has 2 aliphatic heterocycles. The van der Waals surface area contributed by atoms with Crippen molar-refractivity contribution < 1.29 is 9.90 Å². The van der Waals surface area contributed by atoms with Gasteiger partial charge < -0.3 is 20.2 Å². The Kier molecular flexibility index (Phi) is 6.76. The van der Waals surface area contributed by atoms with Crippen molar-refractivity contribution >= 4 is 5.91 Å². The summed E-state index contributed by atoms with van der Waals surface area (Å²) in [6, 6.07) is 9.41. The number of amides is 1. The maximum Gasteiger partial charge on any atom is 0.223 e. The predicted octanol–water partition coefficient (Wildman–Crippen LogP) is 3.17. The first kappa shape index (κ1) is 20.7. The number of phenolic OH excluding ortho intramolecular Hbond substituents is 1. The molecule has 0 spiro atoms. The molecule has 4 rings (SSSR count). The SMILES string of the molecule is C[C@H](CCc1ccc(O)cc1)N1CCC(N2CCC(C(=O)NC3CC3)CC2)CC1. The smallest absolute Gasteiger partial charge is 0.223 e. The number of carbonyl (C=O) groups excluding carboxylic acids is 1. The summed E-state index contributed by atoms with van der Waals surface area (Å²) in [5.41, 5.74) is 1.30. The molecule has 1 amide bonds. The Morgan fingerprint density at radius 2 is 1.69 bits per heavy atom. The Bertz CT molecular complexity index is 657. The lowest BCUT2D eigenvalue weighted by atomic mass is 9.92. The summed E-state index contributed by atoms with van der Waals surface area (Å²) in [5, 5.41) is 12.6. The van der Waals surface area contributed by atoms with Gasteiger partial charge in [-0.25, -0.2) is 0 Å². The molecule has 2 N–H and O–H groups in total. The van der Waals surface area contributed by atoms with Crippen molar-refractivity contribution in [2.24, 2.45) is 5.92 Å². The second kappa shape index (κ2) is 9.48. The topological polar surface area (TPSA) is 55.8 Å². The van der Waals surface area contributed by atoms with Crippen LogP contribution >= 0.6 is 0 Å². The van der Waals surface area contributed by atoms with Crippen LogP contribution in [-0.2, 0) is 11.2 Å². The van der Waals surface area contributed by atoms with E-state index in [2.05, 4.69) is 22.0 Å². The van der Waals surface area contributed by atoms with Gasteiger partial charge in [-0.05, 0) is 102 Å². The minimum atomic E-state index is 0.242. The van der Waals surface area contributed by atoms with Crippen LogP contribution in [0.25, 0.3) is 0 Å². The van der Waals surface area contributed by atoms with Gasteiger partial charge in [-0.2, -0.15) is 0 Å². The van der Waals surface area contributed by atoms with Crippen LogP contribution in [-0.4, -0.2) is 65.1 Å². The third-order valence-electron chi connectivity index (χ3n) is 7.25. The number of rotatable bonds is 7. The molecule has 0 bridgehead atoms. The minimum Gasteiger partial charge on any atom is -0.508 e. The van der Waals surface area contributed by atoms with Gasteiger partial charge in [-0.15, -0.1) is 0 Å². The van der Waals surface area contributed by atoms with E-state index in [1.54, 1.807) is 12.1 Å². The van der Waals surface area contributed by atoms with Crippen molar-refractivity contribution in [2.75, 3.05) is 26.2 Å². The van der Waals surface area contributed by atoms with E-state index in [1.165, 1.54) is 44.3 Å². The number of aromatic hydroxyl groups is 1. The van der Waals surface area contributed by atoms with Crippen molar-refractivity contribution in [2.45, 2.75) is 76.4 Å². The van der Waals surface area contributed by atoms with E-state index in [0.29, 0.717) is 29.8 Å². The summed E-state index contributed by atoms with van der Waals surface area (Å²) in [4.78, 5) is 17.6. The van der Waals surface area contributed by atoms with Crippen LogP contribution in [0.1, 0.15) is 57.4 Å². The van der Waals surface area contributed by atoms with Gasteiger partial charge in [0.2, 0.25) is 5.91 Å². The molecule has 3 fully saturated rings. The van der Waals surface area contributed by atoms with E-state index in [0.717, 1.165) is 38.8 Å². The Labute approximate surface area is 175 Å². The monoisotopic (exact) mass is 399 g/mol. The summed E-state index contributed by atoms with van der Waals surface area (Å²) < 4.78 is 0. The fourth-order valence-corrected chi connectivity index (χ4v) is 4.99. The lowest BCUT2D eigenvalue weighted by Crippen LogP contribution is -2.50. The molecular weight excluding hydrogens is 362 g/mol. The number of carbonyl (C=O) groups is 1. The lowest BCUT2D eigenvalue weighted by molar-refractivity contribution is -0.126. The van der Waals surface area contributed by atoms with Gasteiger partial charge >= 0.3 is 0 Å². The number of nitrogens with zero attached hydrogens (tertiary/aromatic N) is 2. The van der Waals surface area contributed by atoms with E-state index in [4.69, 9.17) is 0 Å². The van der Waals surface area contributed by atoms with Gasteiger partial charge in [-0.1, -0.05) is 12.1 Å². The number of benzene rings is 1. The Morgan fingerprint density at radius 3 is 2.31 bits per heavy atom. The molecule has 0 aromatic heterocycles. The van der Waals surface area contributed by atoms with Crippen molar-refractivity contribution in [1.29, 1.82) is 0 Å². The highest BCUT2D eigenvalue weighted by Gasteiger charge is 2.33. The number of piperidine rings is 2. The van der Waals surface area contributed by atoms with Crippen LogP contribution < -0.4 is 5.32 Å². The average Bonchev–Trinajstić information content (AvgIpc) is 3.57. The number of hydrogen-bond acceptors (Lipinski definition) is 4. The molecule has 5 nitrogen and oxygen atoms in total. The summed E-state index contributed by atoms with van der Waals surface area (Å²) in [6.45, 7) is 6.89. The van der Waals surface area contributed by atoms with Gasteiger partial charge in [0.05, 0.1) is 0 Å². The van der Waals surface area contributed by atoms with E-state index in [1.807, 2.05) is 12.1 Å². The first-order chi connectivity index (χ1) is 14.1. The highest BCUT2D eigenvalue weighted by Crippen LogP contribution is 2.27. The second-order valence-corrected chi connectivity index (χ2v) is 9.41. The van der Waals surface area contributed by atoms with Crippen molar-refractivity contribution in [1.82, 2.24) is 15.1 Å². The maximum atomic E-state index is 12.3. The predicted molar refractivity (Wildman–Crippen MR) is 116 cm³/mol. The van der Waals surface area contributed by atoms with Gasteiger partial charge in [0.15, 0.2) is 0 Å². The molecule has 2 heterocycles. The van der Waals surface area contributed by atoms with Crippen LogP contribution in [0.15, 0.2) is 24.3 Å².